The van der Waals surface area contributed by atoms with Gasteiger partial charge in [-0.2, -0.15) is 0 Å². The molecule has 2 aromatic rings. The van der Waals surface area contributed by atoms with Crippen LogP contribution < -0.4 is 5.69 Å². The van der Waals surface area contributed by atoms with E-state index < -0.39 is 0 Å². The van der Waals surface area contributed by atoms with Gasteiger partial charge in [-0.3, -0.25) is 4.57 Å². The predicted octanol–water partition coefficient (Wildman–Crippen LogP) is 0.319. The molecule has 2 heterocycles. The number of fused-ring (bicyclic) bond motifs is 1. The van der Waals surface area contributed by atoms with Crippen LogP contribution in [-0.2, 0) is 7.05 Å². The van der Waals surface area contributed by atoms with Gasteiger partial charge in [-0.15, -0.1) is 0 Å². The van der Waals surface area contributed by atoms with Gasteiger partial charge in [0.15, 0.2) is 4.64 Å². The van der Waals surface area contributed by atoms with E-state index in [1.807, 2.05) is 0 Å². The van der Waals surface area contributed by atoms with E-state index >= 15 is 0 Å². The molecular weight excluding hydrogens is 176 g/mol. The summed E-state index contributed by atoms with van der Waals surface area (Å²) in [4.78, 5) is 20.4. The maximum atomic E-state index is 11.1. The van der Waals surface area contributed by atoms with Crippen LogP contribution in [0.25, 0.3) is 11.2 Å². The summed E-state index contributed by atoms with van der Waals surface area (Å²) in [6, 6.07) is 0. The van der Waals surface area contributed by atoms with Gasteiger partial charge in [0.05, 0.1) is 6.33 Å². The van der Waals surface area contributed by atoms with Gasteiger partial charge >= 0.3 is 5.69 Å². The number of imidazole rings is 1. The quantitative estimate of drug-likeness (QED) is 0.576. The van der Waals surface area contributed by atoms with Gasteiger partial charge in [-0.05, 0) is 0 Å². The lowest BCUT2D eigenvalue weighted by Crippen LogP contribution is -2.12. The van der Waals surface area contributed by atoms with Gasteiger partial charge in [0.1, 0.15) is 11.2 Å². The van der Waals surface area contributed by atoms with Crippen LogP contribution in [0.3, 0.4) is 0 Å². The highest BCUT2D eigenvalue weighted by Crippen LogP contribution is 2.03. The van der Waals surface area contributed by atoms with Gasteiger partial charge in [-0.1, -0.05) is 12.2 Å². The fraction of sp³-hybridized carbons (Fsp3) is 0.167. The lowest BCUT2D eigenvalue weighted by molar-refractivity contribution is 0.877. The van der Waals surface area contributed by atoms with Gasteiger partial charge in [0.25, 0.3) is 0 Å². The second-order valence-corrected chi connectivity index (χ2v) is 2.81. The molecule has 0 aliphatic heterocycles. The zero-order chi connectivity index (χ0) is 8.72. The van der Waals surface area contributed by atoms with E-state index in [2.05, 4.69) is 15.0 Å². The van der Waals surface area contributed by atoms with Crippen LogP contribution in [0.5, 0.6) is 0 Å². The molecular formula is C6H6N4OS. The van der Waals surface area contributed by atoms with Crippen molar-refractivity contribution in [3.63, 3.8) is 0 Å². The number of nitrogens with zero attached hydrogens (tertiary/aromatic N) is 2. The van der Waals surface area contributed by atoms with Crippen molar-refractivity contribution in [3.05, 3.63) is 21.5 Å². The Hall–Kier alpha value is -1.43. The van der Waals surface area contributed by atoms with Gasteiger partial charge in [0, 0.05) is 7.05 Å². The molecule has 0 aliphatic rings. The number of nitrogens with one attached hydrogen (secondary N) is 2. The molecule has 62 valence electrons. The number of hydrogen-bond acceptors (Lipinski definition) is 3. The lowest BCUT2D eigenvalue weighted by atomic mass is 10.6. The Labute approximate surface area is 72.1 Å². The van der Waals surface area contributed by atoms with Crippen molar-refractivity contribution >= 4 is 23.4 Å². The molecule has 0 unspecified atom stereocenters. The number of aryl methyl sites for hydroxylation is 1. The number of aromatic amines is 2. The first-order chi connectivity index (χ1) is 5.70. The summed E-state index contributed by atoms with van der Waals surface area (Å²) in [5, 5.41) is 0. The fourth-order valence-corrected chi connectivity index (χ4v) is 1.26. The maximum absolute atomic E-state index is 11.1. The summed E-state index contributed by atoms with van der Waals surface area (Å²) >= 11 is 4.91. The first kappa shape index (κ1) is 7.23. The Balaban J connectivity index is 3.16. The van der Waals surface area contributed by atoms with Crippen molar-refractivity contribution in [3.8, 4) is 0 Å². The van der Waals surface area contributed by atoms with Gasteiger partial charge < -0.3 is 9.97 Å². The lowest BCUT2D eigenvalue weighted by Gasteiger charge is -1.90. The van der Waals surface area contributed by atoms with Crippen molar-refractivity contribution in [2.24, 2.45) is 7.05 Å². The Morgan fingerprint density at radius 1 is 1.67 bits per heavy atom. The van der Waals surface area contributed by atoms with Crippen LogP contribution >= 0.6 is 12.2 Å². The summed E-state index contributed by atoms with van der Waals surface area (Å²) in [5.74, 6) is 0. The zero-order valence-corrected chi connectivity index (χ0v) is 7.10. The minimum Gasteiger partial charge on any atom is -0.330 e. The van der Waals surface area contributed by atoms with E-state index in [9.17, 15) is 4.79 Å². The third kappa shape index (κ3) is 0.814. The molecule has 12 heavy (non-hydrogen) atoms. The molecule has 0 saturated carbocycles. The normalized spacial score (nSPS) is 10.8. The zero-order valence-electron chi connectivity index (χ0n) is 6.29. The van der Waals surface area contributed by atoms with Crippen LogP contribution in [0.2, 0.25) is 0 Å². The summed E-state index contributed by atoms with van der Waals surface area (Å²) in [6.07, 6.45) is 1.47. The smallest absolute Gasteiger partial charge is 0.327 e. The molecule has 0 saturated heterocycles. The summed E-state index contributed by atoms with van der Waals surface area (Å²) < 4.78 is 1.86. The number of rotatable bonds is 0. The van der Waals surface area contributed by atoms with E-state index in [1.165, 1.54) is 10.9 Å². The molecule has 0 bridgehead atoms. The van der Waals surface area contributed by atoms with Crippen molar-refractivity contribution in [1.82, 2.24) is 19.5 Å². The second kappa shape index (κ2) is 2.28. The molecule has 6 heteroatoms. The van der Waals surface area contributed by atoms with Crippen LogP contribution in [0.1, 0.15) is 0 Å². The standard InChI is InChI=1S/C6H6N4OS/c1-10-4-3(9-6(10)11)5(12)8-2-7-4/h2H,1H3,(H,9,11)(H,7,8,12). The first-order valence-corrected chi connectivity index (χ1v) is 3.73. The third-order valence-corrected chi connectivity index (χ3v) is 2.02. The molecule has 2 rings (SSSR count). The molecule has 0 atom stereocenters. The summed E-state index contributed by atoms with van der Waals surface area (Å²) in [5.41, 5.74) is 1.06. The minimum absolute atomic E-state index is 0.194. The monoisotopic (exact) mass is 182 g/mol. The Morgan fingerprint density at radius 2 is 2.42 bits per heavy atom. The van der Waals surface area contributed by atoms with Crippen LogP contribution in [0.15, 0.2) is 11.1 Å². The Morgan fingerprint density at radius 3 is 3.08 bits per heavy atom. The highest BCUT2D eigenvalue weighted by molar-refractivity contribution is 7.71. The number of aromatic nitrogens is 4. The third-order valence-electron chi connectivity index (χ3n) is 1.71. The Kier molecular flexibility index (Phi) is 1.37. The molecule has 0 amide bonds. The van der Waals surface area contributed by atoms with Crippen LogP contribution in [0, 0.1) is 4.64 Å². The largest absolute Gasteiger partial charge is 0.330 e. The van der Waals surface area contributed by atoms with Crippen LogP contribution in [0.4, 0.5) is 0 Å². The SMILES string of the molecule is Cn1c(=O)[nH]c2c(=S)nc[nH]c21. The van der Waals surface area contributed by atoms with Crippen molar-refractivity contribution in [2.45, 2.75) is 0 Å². The van der Waals surface area contributed by atoms with Crippen LogP contribution in [-0.4, -0.2) is 19.5 Å². The van der Waals surface area contributed by atoms with E-state index in [0.29, 0.717) is 15.8 Å². The predicted molar refractivity (Wildman–Crippen MR) is 46.5 cm³/mol. The van der Waals surface area contributed by atoms with Crippen molar-refractivity contribution in [2.75, 3.05) is 0 Å². The average Bonchev–Trinajstić information content (AvgIpc) is 2.32. The van der Waals surface area contributed by atoms with E-state index in [1.54, 1.807) is 7.05 Å². The molecule has 2 N–H and O–H groups in total. The Bertz CT molecular complexity index is 534. The van der Waals surface area contributed by atoms with Gasteiger partial charge in [-0.25, -0.2) is 9.78 Å². The molecule has 5 nitrogen and oxygen atoms in total. The highest BCUT2D eigenvalue weighted by Gasteiger charge is 2.03. The first-order valence-electron chi connectivity index (χ1n) is 3.32. The van der Waals surface area contributed by atoms with Gasteiger partial charge in [0.2, 0.25) is 0 Å². The maximum Gasteiger partial charge on any atom is 0.327 e. The number of H-pyrrole nitrogens is 2. The topological polar surface area (TPSA) is 66.5 Å². The second-order valence-electron chi connectivity index (χ2n) is 2.42. The van der Waals surface area contributed by atoms with E-state index in [-0.39, 0.29) is 5.69 Å². The average molecular weight is 182 g/mol. The van der Waals surface area contributed by atoms with Crippen molar-refractivity contribution < 1.29 is 0 Å². The fourth-order valence-electron chi connectivity index (χ4n) is 1.06. The highest BCUT2D eigenvalue weighted by atomic mass is 32.1. The minimum atomic E-state index is -0.194. The van der Waals surface area contributed by atoms with E-state index in [4.69, 9.17) is 12.2 Å². The molecule has 0 fully saturated rings. The van der Waals surface area contributed by atoms with Crippen molar-refractivity contribution in [1.29, 1.82) is 0 Å². The number of hydrogen-bond donors (Lipinski definition) is 2. The molecule has 0 aromatic carbocycles. The molecule has 0 radical (unpaired) electrons. The summed E-state index contributed by atoms with van der Waals surface area (Å²) in [7, 11) is 1.66. The summed E-state index contributed by atoms with van der Waals surface area (Å²) in [6.45, 7) is 0. The molecule has 0 spiro atoms. The molecule has 0 aliphatic carbocycles. The molecule has 2 aromatic heterocycles. The van der Waals surface area contributed by atoms with E-state index in [0.717, 1.165) is 0 Å².